The topological polar surface area (TPSA) is 58.4 Å². The molecule has 0 bridgehead atoms. The maximum absolute atomic E-state index is 13.0. The molecule has 1 saturated heterocycles. The van der Waals surface area contributed by atoms with Crippen molar-refractivity contribution in [2.45, 2.75) is 25.8 Å². The molecule has 0 unspecified atom stereocenters. The number of aliphatic hydroxyl groups excluding tert-OH is 1. The van der Waals surface area contributed by atoms with Crippen molar-refractivity contribution >= 4 is 5.91 Å². The van der Waals surface area contributed by atoms with Crippen molar-refractivity contribution < 1.29 is 14.3 Å². The molecular weight excluding hydrogens is 285 g/mol. The van der Waals surface area contributed by atoms with Crippen molar-refractivity contribution in [3.8, 4) is 5.69 Å². The van der Waals surface area contributed by atoms with Gasteiger partial charge in [0.2, 0.25) is 0 Å². The van der Waals surface area contributed by atoms with E-state index in [4.69, 9.17) is 0 Å². The minimum absolute atomic E-state index is 0.0244. The van der Waals surface area contributed by atoms with E-state index in [1.807, 2.05) is 6.92 Å². The smallest absolute Gasteiger partial charge is 0.274 e. The van der Waals surface area contributed by atoms with Crippen LogP contribution in [0.15, 0.2) is 30.3 Å². The Morgan fingerprint density at radius 1 is 1.41 bits per heavy atom. The molecule has 2 aromatic rings. The van der Waals surface area contributed by atoms with E-state index in [0.29, 0.717) is 17.9 Å². The number of nitrogens with zero attached hydrogens (tertiary/aromatic N) is 3. The molecule has 1 atom stereocenters. The monoisotopic (exact) mass is 303 g/mol. The molecule has 0 aliphatic carbocycles. The zero-order chi connectivity index (χ0) is 15.7. The molecule has 3 rings (SSSR count). The first-order chi connectivity index (χ1) is 10.6. The number of carbonyl (C=O) groups excluding carboxylic acids is 1. The van der Waals surface area contributed by atoms with Crippen LogP contribution in [0.5, 0.6) is 0 Å². The second-order valence-corrected chi connectivity index (χ2v) is 5.54. The predicted octanol–water partition coefficient (Wildman–Crippen LogP) is 1.92. The van der Waals surface area contributed by atoms with E-state index in [-0.39, 0.29) is 24.4 Å². The molecule has 1 N–H and O–H groups in total. The summed E-state index contributed by atoms with van der Waals surface area (Å²) in [6.45, 7) is 2.47. The van der Waals surface area contributed by atoms with Gasteiger partial charge < -0.3 is 10.0 Å². The summed E-state index contributed by atoms with van der Waals surface area (Å²) in [4.78, 5) is 14.2. The fourth-order valence-electron chi connectivity index (χ4n) is 2.86. The first kappa shape index (κ1) is 14.7. The molecule has 6 heteroatoms. The summed E-state index contributed by atoms with van der Waals surface area (Å²) < 4.78 is 14.6. The number of amides is 1. The van der Waals surface area contributed by atoms with E-state index in [1.54, 1.807) is 27.8 Å². The molecule has 1 aliphatic rings. The fourth-order valence-corrected chi connectivity index (χ4v) is 2.86. The molecule has 1 amide bonds. The lowest BCUT2D eigenvalue weighted by atomic mass is 10.2. The Morgan fingerprint density at radius 3 is 2.82 bits per heavy atom. The minimum Gasteiger partial charge on any atom is -0.394 e. The van der Waals surface area contributed by atoms with Crippen LogP contribution in [-0.4, -0.2) is 44.9 Å². The summed E-state index contributed by atoms with van der Waals surface area (Å²) in [7, 11) is 0. The number of rotatable bonds is 3. The maximum Gasteiger partial charge on any atom is 0.274 e. The number of carbonyl (C=O) groups is 1. The van der Waals surface area contributed by atoms with Crippen LogP contribution in [0.3, 0.4) is 0 Å². The summed E-state index contributed by atoms with van der Waals surface area (Å²) in [5.74, 6) is -0.478. The quantitative estimate of drug-likeness (QED) is 0.942. The third-order valence-electron chi connectivity index (χ3n) is 4.03. The number of aryl methyl sites for hydroxylation is 1. The number of hydrogen-bond donors (Lipinski definition) is 1. The Hall–Kier alpha value is -2.21. The van der Waals surface area contributed by atoms with Gasteiger partial charge in [-0.3, -0.25) is 4.79 Å². The van der Waals surface area contributed by atoms with Crippen molar-refractivity contribution in [2.24, 2.45) is 0 Å². The Bertz CT molecular complexity index is 681. The summed E-state index contributed by atoms with van der Waals surface area (Å²) in [5.41, 5.74) is 1.86. The molecule has 22 heavy (non-hydrogen) atoms. The molecule has 0 saturated carbocycles. The zero-order valence-electron chi connectivity index (χ0n) is 12.4. The van der Waals surface area contributed by atoms with Crippen molar-refractivity contribution in [3.05, 3.63) is 47.5 Å². The van der Waals surface area contributed by atoms with Crippen molar-refractivity contribution in [3.63, 3.8) is 0 Å². The van der Waals surface area contributed by atoms with E-state index < -0.39 is 0 Å². The lowest BCUT2D eigenvalue weighted by molar-refractivity contribution is 0.0671. The van der Waals surface area contributed by atoms with Gasteiger partial charge in [-0.15, -0.1) is 0 Å². The standard InChI is InChI=1S/C16H18FN3O2/c1-11-9-15(16(22)19-8-2-3-14(19)10-21)18-20(11)13-6-4-12(17)5-7-13/h4-7,9,14,21H,2-3,8,10H2,1H3/t14-/m0/s1. The van der Waals surface area contributed by atoms with Gasteiger partial charge in [0.25, 0.3) is 5.91 Å². The summed E-state index contributed by atoms with van der Waals surface area (Å²) in [6, 6.07) is 7.56. The molecule has 5 nitrogen and oxygen atoms in total. The second kappa shape index (κ2) is 5.88. The predicted molar refractivity (Wildman–Crippen MR) is 79.4 cm³/mol. The average Bonchev–Trinajstić information content (AvgIpc) is 3.14. The summed E-state index contributed by atoms with van der Waals surface area (Å²) in [6.07, 6.45) is 1.72. The molecule has 0 radical (unpaired) electrons. The van der Waals surface area contributed by atoms with Crippen LogP contribution < -0.4 is 0 Å². The van der Waals surface area contributed by atoms with Gasteiger partial charge in [0.05, 0.1) is 18.3 Å². The normalized spacial score (nSPS) is 18.0. The van der Waals surface area contributed by atoms with E-state index in [9.17, 15) is 14.3 Å². The number of halogens is 1. The van der Waals surface area contributed by atoms with Crippen LogP contribution in [0, 0.1) is 12.7 Å². The van der Waals surface area contributed by atoms with E-state index in [1.165, 1.54) is 12.1 Å². The maximum atomic E-state index is 13.0. The van der Waals surface area contributed by atoms with Crippen molar-refractivity contribution in [2.75, 3.05) is 13.2 Å². The van der Waals surface area contributed by atoms with Crippen molar-refractivity contribution in [1.82, 2.24) is 14.7 Å². The molecule has 1 aliphatic heterocycles. The number of likely N-dealkylation sites (tertiary alicyclic amines) is 1. The van der Waals surface area contributed by atoms with Gasteiger partial charge >= 0.3 is 0 Å². The van der Waals surface area contributed by atoms with Gasteiger partial charge in [-0.25, -0.2) is 9.07 Å². The molecule has 1 aromatic carbocycles. The Labute approximate surface area is 128 Å². The van der Waals surface area contributed by atoms with Gasteiger partial charge in [0, 0.05) is 12.2 Å². The van der Waals surface area contributed by atoms with E-state index >= 15 is 0 Å². The highest BCUT2D eigenvalue weighted by molar-refractivity contribution is 5.93. The van der Waals surface area contributed by atoms with Gasteiger partial charge in [0.1, 0.15) is 5.82 Å². The Balaban J connectivity index is 1.88. The Kier molecular flexibility index (Phi) is 3.94. The van der Waals surface area contributed by atoms with Crippen LogP contribution in [0.2, 0.25) is 0 Å². The first-order valence-corrected chi connectivity index (χ1v) is 7.34. The summed E-state index contributed by atoms with van der Waals surface area (Å²) >= 11 is 0. The highest BCUT2D eigenvalue weighted by atomic mass is 19.1. The van der Waals surface area contributed by atoms with E-state index in [0.717, 1.165) is 18.5 Å². The molecule has 1 fully saturated rings. The number of benzene rings is 1. The second-order valence-electron chi connectivity index (χ2n) is 5.54. The van der Waals surface area contributed by atoms with Crippen LogP contribution in [0.1, 0.15) is 29.0 Å². The van der Waals surface area contributed by atoms with Gasteiger partial charge in [0.15, 0.2) is 5.69 Å². The Morgan fingerprint density at radius 2 is 2.14 bits per heavy atom. The fraction of sp³-hybridized carbons (Fsp3) is 0.375. The van der Waals surface area contributed by atoms with Crippen LogP contribution in [0.25, 0.3) is 5.69 Å². The average molecular weight is 303 g/mol. The van der Waals surface area contributed by atoms with E-state index in [2.05, 4.69) is 5.10 Å². The number of aromatic nitrogens is 2. The lowest BCUT2D eigenvalue weighted by Crippen LogP contribution is -2.37. The molecule has 2 heterocycles. The van der Waals surface area contributed by atoms with Gasteiger partial charge in [-0.1, -0.05) is 0 Å². The number of aliphatic hydroxyl groups is 1. The minimum atomic E-state index is -0.312. The SMILES string of the molecule is Cc1cc(C(=O)N2CCC[C@H]2CO)nn1-c1ccc(F)cc1. The highest BCUT2D eigenvalue weighted by Gasteiger charge is 2.30. The van der Waals surface area contributed by atoms with Gasteiger partial charge in [-0.05, 0) is 50.1 Å². The lowest BCUT2D eigenvalue weighted by Gasteiger charge is -2.21. The summed E-state index contributed by atoms with van der Waals surface area (Å²) in [5, 5.41) is 13.7. The highest BCUT2D eigenvalue weighted by Crippen LogP contribution is 2.20. The van der Waals surface area contributed by atoms with Gasteiger partial charge in [-0.2, -0.15) is 5.10 Å². The molecule has 0 spiro atoms. The molecule has 116 valence electrons. The molecule has 1 aromatic heterocycles. The number of hydrogen-bond acceptors (Lipinski definition) is 3. The van der Waals surface area contributed by atoms with Crippen LogP contribution >= 0.6 is 0 Å². The first-order valence-electron chi connectivity index (χ1n) is 7.34. The van der Waals surface area contributed by atoms with Crippen LogP contribution in [0.4, 0.5) is 4.39 Å². The largest absolute Gasteiger partial charge is 0.394 e. The third-order valence-corrected chi connectivity index (χ3v) is 4.03. The van der Waals surface area contributed by atoms with Crippen LogP contribution in [-0.2, 0) is 0 Å². The zero-order valence-corrected chi connectivity index (χ0v) is 12.4. The molecular formula is C16H18FN3O2. The third kappa shape index (κ3) is 2.62. The van der Waals surface area contributed by atoms with Crippen molar-refractivity contribution in [1.29, 1.82) is 0 Å².